The number of carbonyl (C=O) groups is 2. The van der Waals surface area contributed by atoms with Gasteiger partial charge >= 0.3 is 0 Å². The van der Waals surface area contributed by atoms with Gasteiger partial charge in [-0.2, -0.15) is 0 Å². The number of aryl methyl sites for hydroxylation is 1. The Hall–Kier alpha value is -1.34. The highest BCUT2D eigenvalue weighted by molar-refractivity contribution is 9.10. The number of hydrogen-bond acceptors (Lipinski definition) is 3. The first-order valence-electron chi connectivity index (χ1n) is 6.07. The molecule has 1 aromatic heterocycles. The van der Waals surface area contributed by atoms with Crippen LogP contribution in [0.1, 0.15) is 23.3 Å². The molecule has 0 aliphatic carbocycles. The highest BCUT2D eigenvalue weighted by Gasteiger charge is 2.22. The first-order chi connectivity index (χ1) is 9.08. The van der Waals surface area contributed by atoms with Crippen LogP contribution in [0.3, 0.4) is 0 Å². The van der Waals surface area contributed by atoms with Gasteiger partial charge in [-0.05, 0) is 34.8 Å². The fraction of sp³-hybridized carbons (Fsp3) is 0.500. The lowest BCUT2D eigenvalue weighted by atomic mass is 10.00. The van der Waals surface area contributed by atoms with E-state index in [0.717, 1.165) is 4.47 Å². The summed E-state index contributed by atoms with van der Waals surface area (Å²) in [6, 6.07) is 1.69. The number of ether oxygens (including phenoxy) is 1. The number of nitrogens with zero attached hydrogens (tertiary/aromatic N) is 1. The van der Waals surface area contributed by atoms with Crippen LogP contribution in [0.5, 0.6) is 0 Å². The Morgan fingerprint density at radius 2 is 2.05 bits per heavy atom. The average molecular weight is 330 g/mol. The summed E-state index contributed by atoms with van der Waals surface area (Å²) in [5.74, 6) is -0.590. The Kier molecular flexibility index (Phi) is 4.60. The first kappa shape index (κ1) is 14.1. The van der Waals surface area contributed by atoms with Gasteiger partial charge in [0, 0.05) is 36.8 Å². The van der Waals surface area contributed by atoms with Crippen LogP contribution in [0.15, 0.2) is 16.7 Å². The van der Waals surface area contributed by atoms with E-state index in [4.69, 9.17) is 4.74 Å². The van der Waals surface area contributed by atoms with E-state index in [-0.39, 0.29) is 17.7 Å². The lowest BCUT2D eigenvalue weighted by molar-refractivity contribution is -0.128. The van der Waals surface area contributed by atoms with Crippen molar-refractivity contribution in [1.82, 2.24) is 15.4 Å². The zero-order valence-corrected chi connectivity index (χ0v) is 12.2. The highest BCUT2D eigenvalue weighted by Crippen LogP contribution is 2.15. The molecule has 0 spiro atoms. The van der Waals surface area contributed by atoms with Gasteiger partial charge in [0.2, 0.25) is 5.91 Å². The van der Waals surface area contributed by atoms with Crippen LogP contribution in [-0.2, 0) is 16.6 Å². The largest absolute Gasteiger partial charge is 0.381 e. The molecule has 1 saturated heterocycles. The molecule has 19 heavy (non-hydrogen) atoms. The molecule has 2 heterocycles. The molecule has 1 fully saturated rings. The van der Waals surface area contributed by atoms with E-state index in [9.17, 15) is 9.59 Å². The molecule has 2 amide bonds. The van der Waals surface area contributed by atoms with Crippen LogP contribution in [0.25, 0.3) is 0 Å². The smallest absolute Gasteiger partial charge is 0.286 e. The number of hydrogen-bond donors (Lipinski definition) is 2. The van der Waals surface area contributed by atoms with Gasteiger partial charge in [0.05, 0.1) is 0 Å². The van der Waals surface area contributed by atoms with Gasteiger partial charge in [-0.15, -0.1) is 0 Å². The molecule has 0 unspecified atom stereocenters. The average Bonchev–Trinajstić information content (AvgIpc) is 2.75. The molecule has 0 radical (unpaired) electrons. The lowest BCUT2D eigenvalue weighted by Gasteiger charge is -2.21. The molecule has 0 bridgehead atoms. The summed E-state index contributed by atoms with van der Waals surface area (Å²) in [6.07, 6.45) is 3.16. The van der Waals surface area contributed by atoms with Crippen molar-refractivity contribution in [3.05, 3.63) is 22.4 Å². The van der Waals surface area contributed by atoms with Crippen LogP contribution in [0.2, 0.25) is 0 Å². The van der Waals surface area contributed by atoms with E-state index in [0.29, 0.717) is 31.7 Å². The van der Waals surface area contributed by atoms with E-state index < -0.39 is 0 Å². The molecule has 2 rings (SSSR count). The zero-order valence-electron chi connectivity index (χ0n) is 10.6. The molecular weight excluding hydrogens is 314 g/mol. The number of nitrogens with one attached hydrogen (secondary N) is 2. The minimum absolute atomic E-state index is 0.0887. The van der Waals surface area contributed by atoms with Gasteiger partial charge in [0.25, 0.3) is 5.91 Å². The van der Waals surface area contributed by atoms with Gasteiger partial charge in [0.1, 0.15) is 5.69 Å². The maximum atomic E-state index is 11.9. The molecule has 0 atom stereocenters. The van der Waals surface area contributed by atoms with Crippen molar-refractivity contribution in [2.24, 2.45) is 13.0 Å². The SMILES string of the molecule is Cn1cc(Br)cc1C(=O)NNC(=O)C1CCOCC1. The predicted molar refractivity (Wildman–Crippen MR) is 72.3 cm³/mol. The predicted octanol–water partition coefficient (Wildman–Crippen LogP) is 0.975. The van der Waals surface area contributed by atoms with Crippen molar-refractivity contribution < 1.29 is 14.3 Å². The minimum atomic E-state index is -0.339. The lowest BCUT2D eigenvalue weighted by Crippen LogP contribution is -2.46. The summed E-state index contributed by atoms with van der Waals surface area (Å²) in [5.41, 5.74) is 5.37. The van der Waals surface area contributed by atoms with Crippen LogP contribution in [-0.4, -0.2) is 29.6 Å². The normalized spacial score (nSPS) is 16.1. The van der Waals surface area contributed by atoms with Crippen molar-refractivity contribution in [2.45, 2.75) is 12.8 Å². The zero-order chi connectivity index (χ0) is 13.8. The van der Waals surface area contributed by atoms with E-state index >= 15 is 0 Å². The molecule has 104 valence electrons. The standard InChI is InChI=1S/C12H16BrN3O3/c1-16-7-9(13)6-10(16)12(18)15-14-11(17)8-2-4-19-5-3-8/h6-8H,2-5H2,1H3,(H,14,17)(H,15,18). The topological polar surface area (TPSA) is 72.4 Å². The number of rotatable bonds is 2. The molecule has 1 aliphatic rings. The summed E-state index contributed by atoms with van der Waals surface area (Å²) in [5, 5.41) is 0. The number of carbonyl (C=O) groups excluding carboxylic acids is 2. The van der Waals surface area contributed by atoms with E-state index in [1.165, 1.54) is 0 Å². The van der Waals surface area contributed by atoms with Crippen LogP contribution >= 0.6 is 15.9 Å². The Bertz CT molecular complexity index is 481. The Morgan fingerprint density at radius 3 is 2.63 bits per heavy atom. The fourth-order valence-corrected chi connectivity index (χ4v) is 2.52. The summed E-state index contributed by atoms with van der Waals surface area (Å²) in [7, 11) is 1.76. The van der Waals surface area contributed by atoms with Gasteiger partial charge < -0.3 is 9.30 Å². The van der Waals surface area contributed by atoms with Crippen molar-refractivity contribution >= 4 is 27.7 Å². The van der Waals surface area contributed by atoms with Gasteiger partial charge in [-0.3, -0.25) is 20.4 Å². The molecule has 7 heteroatoms. The second-order valence-electron chi connectivity index (χ2n) is 4.48. The van der Waals surface area contributed by atoms with E-state index in [1.807, 2.05) is 0 Å². The third kappa shape index (κ3) is 3.57. The summed E-state index contributed by atoms with van der Waals surface area (Å²) < 4.78 is 7.68. The van der Waals surface area contributed by atoms with Gasteiger partial charge in [0.15, 0.2) is 0 Å². The highest BCUT2D eigenvalue weighted by atomic mass is 79.9. The summed E-state index contributed by atoms with van der Waals surface area (Å²) in [6.45, 7) is 1.19. The van der Waals surface area contributed by atoms with Crippen LogP contribution in [0, 0.1) is 5.92 Å². The maximum Gasteiger partial charge on any atom is 0.286 e. The van der Waals surface area contributed by atoms with Crippen LogP contribution < -0.4 is 10.9 Å². The maximum absolute atomic E-state index is 11.9. The molecule has 0 saturated carbocycles. The van der Waals surface area contributed by atoms with E-state index in [2.05, 4.69) is 26.8 Å². The summed E-state index contributed by atoms with van der Waals surface area (Å²) in [4.78, 5) is 23.7. The van der Waals surface area contributed by atoms with Crippen molar-refractivity contribution in [3.8, 4) is 0 Å². The van der Waals surface area contributed by atoms with E-state index in [1.54, 1.807) is 23.9 Å². The molecule has 0 aromatic carbocycles. The Morgan fingerprint density at radius 1 is 1.37 bits per heavy atom. The number of aromatic nitrogens is 1. The number of amides is 2. The molecule has 1 aliphatic heterocycles. The van der Waals surface area contributed by atoms with Crippen molar-refractivity contribution in [1.29, 1.82) is 0 Å². The van der Waals surface area contributed by atoms with Crippen LogP contribution in [0.4, 0.5) is 0 Å². The third-order valence-corrected chi connectivity index (χ3v) is 3.53. The molecular formula is C12H16BrN3O3. The van der Waals surface area contributed by atoms with Gasteiger partial charge in [-0.25, -0.2) is 0 Å². The van der Waals surface area contributed by atoms with Gasteiger partial charge in [-0.1, -0.05) is 0 Å². The molecule has 2 N–H and O–H groups in total. The fourth-order valence-electron chi connectivity index (χ4n) is 1.99. The van der Waals surface area contributed by atoms with Crippen molar-refractivity contribution in [2.75, 3.05) is 13.2 Å². The quantitative estimate of drug-likeness (QED) is 0.794. The molecule has 1 aromatic rings. The number of halogens is 1. The molecule has 6 nitrogen and oxygen atoms in total. The summed E-state index contributed by atoms with van der Waals surface area (Å²) >= 11 is 3.29. The Labute approximate surface area is 119 Å². The Balaban J connectivity index is 1.86. The number of hydrazine groups is 1. The first-order valence-corrected chi connectivity index (χ1v) is 6.87. The second-order valence-corrected chi connectivity index (χ2v) is 5.40. The second kappa shape index (κ2) is 6.21. The third-order valence-electron chi connectivity index (χ3n) is 3.10. The minimum Gasteiger partial charge on any atom is -0.381 e. The monoisotopic (exact) mass is 329 g/mol. The van der Waals surface area contributed by atoms with Crippen molar-refractivity contribution in [3.63, 3.8) is 0 Å².